The van der Waals surface area contributed by atoms with Gasteiger partial charge in [-0.05, 0) is 80.6 Å². The molecule has 170 valence electrons. The molecule has 32 heavy (non-hydrogen) atoms. The summed E-state index contributed by atoms with van der Waals surface area (Å²) in [6, 6.07) is 14.7. The molecule has 0 bridgehead atoms. The third-order valence-electron chi connectivity index (χ3n) is 6.06. The van der Waals surface area contributed by atoms with Crippen molar-refractivity contribution in [3.8, 4) is 6.07 Å². The molecule has 2 aromatic rings. The molecule has 1 saturated heterocycles. The minimum absolute atomic E-state index is 0.207. The number of carbonyl (C=O) groups is 1. The van der Waals surface area contributed by atoms with Crippen LogP contribution in [-0.4, -0.2) is 47.8 Å². The van der Waals surface area contributed by atoms with Crippen molar-refractivity contribution in [2.45, 2.75) is 44.8 Å². The summed E-state index contributed by atoms with van der Waals surface area (Å²) in [7, 11) is 0. The van der Waals surface area contributed by atoms with Crippen LogP contribution in [0.1, 0.15) is 37.3 Å². The van der Waals surface area contributed by atoms with E-state index in [-0.39, 0.29) is 11.9 Å². The van der Waals surface area contributed by atoms with E-state index in [0.717, 1.165) is 37.9 Å². The lowest BCUT2D eigenvalue weighted by Crippen LogP contribution is -2.50. The summed E-state index contributed by atoms with van der Waals surface area (Å²) < 4.78 is 13.1. The average molecular weight is 439 g/mol. The van der Waals surface area contributed by atoms with Crippen LogP contribution in [0.5, 0.6) is 0 Å². The highest BCUT2D eigenvalue weighted by Gasteiger charge is 2.25. The van der Waals surface area contributed by atoms with Gasteiger partial charge in [0.1, 0.15) is 5.82 Å². The van der Waals surface area contributed by atoms with Gasteiger partial charge in [-0.2, -0.15) is 5.26 Å². The Morgan fingerprint density at radius 1 is 1.25 bits per heavy atom. The number of benzene rings is 2. The number of amides is 2. The van der Waals surface area contributed by atoms with Gasteiger partial charge >= 0.3 is 6.03 Å². The van der Waals surface area contributed by atoms with E-state index in [0.29, 0.717) is 30.1 Å². The number of urea groups is 1. The van der Waals surface area contributed by atoms with Gasteiger partial charge in [0.05, 0.1) is 23.8 Å². The molecule has 1 fully saturated rings. The smallest absolute Gasteiger partial charge is 0.319 e. The van der Waals surface area contributed by atoms with E-state index in [9.17, 15) is 14.3 Å². The van der Waals surface area contributed by atoms with E-state index < -0.39 is 12.1 Å². The highest BCUT2D eigenvalue weighted by molar-refractivity contribution is 5.89. The highest BCUT2D eigenvalue weighted by atomic mass is 19.1. The van der Waals surface area contributed by atoms with Crippen LogP contribution in [0.25, 0.3) is 0 Å². The summed E-state index contributed by atoms with van der Waals surface area (Å²) in [5, 5.41) is 25.3. The Hall–Kier alpha value is -2.95. The second-order valence-electron chi connectivity index (χ2n) is 8.45. The van der Waals surface area contributed by atoms with Crippen molar-refractivity contribution in [2.24, 2.45) is 5.92 Å². The Morgan fingerprint density at radius 2 is 1.97 bits per heavy atom. The van der Waals surface area contributed by atoms with Crippen LogP contribution in [0.4, 0.5) is 14.9 Å². The van der Waals surface area contributed by atoms with Crippen LogP contribution >= 0.6 is 0 Å². The van der Waals surface area contributed by atoms with Gasteiger partial charge in [0.15, 0.2) is 0 Å². The number of aliphatic hydroxyl groups is 1. The Morgan fingerprint density at radius 3 is 2.62 bits per heavy atom. The molecule has 0 unspecified atom stereocenters. The molecule has 1 aliphatic rings. The Balaban J connectivity index is 1.43. The maximum atomic E-state index is 13.1. The van der Waals surface area contributed by atoms with Gasteiger partial charge in [-0.15, -0.1) is 0 Å². The second kappa shape index (κ2) is 11.6. The van der Waals surface area contributed by atoms with Gasteiger partial charge < -0.3 is 20.6 Å². The van der Waals surface area contributed by atoms with Gasteiger partial charge in [0.25, 0.3) is 0 Å². The minimum Gasteiger partial charge on any atom is -0.390 e. The normalized spacial score (nSPS) is 16.7. The molecule has 2 amide bonds. The lowest BCUT2D eigenvalue weighted by Gasteiger charge is -2.35. The first-order valence-electron chi connectivity index (χ1n) is 11.2. The molecule has 0 aliphatic carbocycles. The first-order chi connectivity index (χ1) is 15.5. The van der Waals surface area contributed by atoms with Gasteiger partial charge in [0, 0.05) is 12.2 Å². The number of nitrogens with one attached hydrogen (secondary N) is 2. The zero-order valence-corrected chi connectivity index (χ0v) is 18.4. The molecule has 0 aromatic heterocycles. The number of rotatable bonds is 8. The summed E-state index contributed by atoms with van der Waals surface area (Å²) in [5.74, 6) is 0.352. The summed E-state index contributed by atoms with van der Waals surface area (Å²) in [5.41, 5.74) is 2.17. The lowest BCUT2D eigenvalue weighted by molar-refractivity contribution is 0.0649. The summed E-state index contributed by atoms with van der Waals surface area (Å²) in [6.45, 7) is 4.23. The second-order valence-corrected chi connectivity index (χ2v) is 8.45. The van der Waals surface area contributed by atoms with E-state index in [2.05, 4.69) is 15.5 Å². The van der Waals surface area contributed by atoms with E-state index in [1.54, 1.807) is 24.3 Å². The number of β-amino-alcohol motifs (C(OH)–C–C–N with tert-alkyl or cyclic N) is 1. The molecule has 0 saturated carbocycles. The van der Waals surface area contributed by atoms with Crippen LogP contribution in [0.3, 0.4) is 0 Å². The fourth-order valence-electron chi connectivity index (χ4n) is 4.19. The summed E-state index contributed by atoms with van der Waals surface area (Å²) >= 11 is 0. The number of aliphatic hydroxyl groups excluding tert-OH is 1. The third kappa shape index (κ3) is 7.04. The van der Waals surface area contributed by atoms with Crippen molar-refractivity contribution < 1.29 is 14.3 Å². The summed E-state index contributed by atoms with van der Waals surface area (Å²) in [4.78, 5) is 14.6. The van der Waals surface area contributed by atoms with Crippen LogP contribution in [-0.2, 0) is 6.42 Å². The zero-order valence-electron chi connectivity index (χ0n) is 18.4. The summed E-state index contributed by atoms with van der Waals surface area (Å²) in [6.07, 6.45) is 2.94. The first-order valence-corrected chi connectivity index (χ1v) is 11.2. The Labute approximate surface area is 189 Å². The number of hydrogen-bond acceptors (Lipinski definition) is 4. The van der Waals surface area contributed by atoms with Gasteiger partial charge in [-0.25, -0.2) is 9.18 Å². The number of piperidine rings is 1. The molecule has 1 aliphatic heterocycles. The van der Waals surface area contributed by atoms with E-state index in [1.807, 2.05) is 25.1 Å². The fourth-order valence-corrected chi connectivity index (χ4v) is 4.19. The minimum atomic E-state index is -0.676. The molecule has 2 aromatic carbocycles. The number of carbonyl (C=O) groups excluding carboxylic acids is 1. The van der Waals surface area contributed by atoms with Crippen molar-refractivity contribution in [2.75, 3.05) is 25.0 Å². The molecule has 1 heterocycles. The van der Waals surface area contributed by atoms with Crippen molar-refractivity contribution in [3.05, 3.63) is 65.5 Å². The maximum absolute atomic E-state index is 13.1. The van der Waals surface area contributed by atoms with Gasteiger partial charge in [-0.1, -0.05) is 25.1 Å². The monoisotopic (exact) mass is 438 g/mol. The van der Waals surface area contributed by atoms with Crippen LogP contribution < -0.4 is 10.6 Å². The van der Waals surface area contributed by atoms with Crippen LogP contribution in [0.2, 0.25) is 0 Å². The van der Waals surface area contributed by atoms with Crippen LogP contribution in [0, 0.1) is 23.1 Å². The fraction of sp³-hybridized carbons (Fsp3) is 0.440. The van der Waals surface area contributed by atoms with Crippen LogP contribution in [0.15, 0.2) is 48.5 Å². The molecular formula is C25H31FN4O2. The average Bonchev–Trinajstić information content (AvgIpc) is 2.80. The van der Waals surface area contributed by atoms with E-state index in [1.165, 1.54) is 12.1 Å². The van der Waals surface area contributed by atoms with E-state index in [4.69, 9.17) is 5.26 Å². The topological polar surface area (TPSA) is 88.4 Å². The number of nitriles is 1. The SMILES string of the molecule is CC[C@H](NC(=O)Nc1cccc(C#N)c1)[C@@H](O)CN1CCC(Cc2ccc(F)cc2)CC1. The number of hydrogen-bond donors (Lipinski definition) is 3. The van der Waals surface area contributed by atoms with Crippen molar-refractivity contribution in [1.29, 1.82) is 5.26 Å². The number of halogens is 1. The number of likely N-dealkylation sites (tertiary alicyclic amines) is 1. The standard InChI is InChI=1S/C25H31FN4O2/c1-2-23(29-25(32)28-22-5-3-4-20(15-22)16-27)24(31)17-30-12-10-19(11-13-30)14-18-6-8-21(26)9-7-18/h3-9,15,19,23-24,31H,2,10-14,17H2,1H3,(H2,28,29,32)/t23-,24-/m0/s1. The predicted molar refractivity (Wildman–Crippen MR) is 123 cm³/mol. The largest absolute Gasteiger partial charge is 0.390 e. The Kier molecular flexibility index (Phi) is 8.60. The molecule has 0 spiro atoms. The molecular weight excluding hydrogens is 407 g/mol. The third-order valence-corrected chi connectivity index (χ3v) is 6.06. The zero-order chi connectivity index (χ0) is 22.9. The van der Waals surface area contributed by atoms with Crippen molar-refractivity contribution >= 4 is 11.7 Å². The quantitative estimate of drug-likeness (QED) is 0.583. The van der Waals surface area contributed by atoms with Crippen molar-refractivity contribution in [1.82, 2.24) is 10.2 Å². The lowest BCUT2D eigenvalue weighted by atomic mass is 9.90. The highest BCUT2D eigenvalue weighted by Crippen LogP contribution is 2.22. The number of nitrogens with zero attached hydrogens (tertiary/aromatic N) is 2. The maximum Gasteiger partial charge on any atom is 0.319 e. The molecule has 6 nitrogen and oxygen atoms in total. The Bertz CT molecular complexity index is 920. The molecule has 7 heteroatoms. The predicted octanol–water partition coefficient (Wildman–Crippen LogP) is 3.91. The number of anilines is 1. The molecule has 3 rings (SSSR count). The van der Waals surface area contributed by atoms with Crippen molar-refractivity contribution in [3.63, 3.8) is 0 Å². The van der Waals surface area contributed by atoms with Gasteiger partial charge in [-0.3, -0.25) is 0 Å². The molecule has 0 radical (unpaired) electrons. The molecule has 2 atom stereocenters. The van der Waals surface area contributed by atoms with Gasteiger partial charge in [0.2, 0.25) is 0 Å². The van der Waals surface area contributed by atoms with E-state index >= 15 is 0 Å². The molecule has 3 N–H and O–H groups in total. The first kappa shape index (κ1) is 23.7.